The Labute approximate surface area is 118 Å². The van der Waals surface area contributed by atoms with Crippen molar-refractivity contribution in [3.63, 3.8) is 0 Å². The molecule has 1 saturated carbocycles. The second-order valence-electron chi connectivity index (χ2n) is 5.03. The zero-order valence-electron chi connectivity index (χ0n) is 11.5. The van der Waals surface area contributed by atoms with Gasteiger partial charge in [-0.15, -0.1) is 11.8 Å². The second kappa shape index (κ2) is 5.87. The highest BCUT2D eigenvalue weighted by Crippen LogP contribution is 2.40. The van der Waals surface area contributed by atoms with Crippen LogP contribution >= 0.6 is 11.8 Å². The molecule has 1 aliphatic carbocycles. The zero-order valence-corrected chi connectivity index (χ0v) is 12.3. The molecule has 0 aromatic heterocycles. The van der Waals surface area contributed by atoms with Crippen molar-refractivity contribution in [2.45, 2.75) is 50.0 Å². The standard InChI is InChI=1S/C15H21NO2S/c1-3-15(9-6-10-15)16-11-7-5-8-12(19-4-2)13(11)14(17)18/h5,7-8,16H,3-4,6,9-10H2,1-2H3,(H,17,18). The average Bonchev–Trinajstić information content (AvgIpc) is 2.34. The van der Waals surface area contributed by atoms with E-state index >= 15 is 0 Å². The van der Waals surface area contributed by atoms with Gasteiger partial charge in [-0.1, -0.05) is 19.9 Å². The largest absolute Gasteiger partial charge is 0.478 e. The Hall–Kier alpha value is -1.16. The maximum Gasteiger partial charge on any atom is 0.338 e. The van der Waals surface area contributed by atoms with Crippen LogP contribution in [0.15, 0.2) is 23.1 Å². The highest BCUT2D eigenvalue weighted by molar-refractivity contribution is 7.99. The minimum absolute atomic E-state index is 0.111. The number of carboxylic acids is 1. The lowest BCUT2D eigenvalue weighted by Crippen LogP contribution is -2.44. The molecule has 1 aromatic rings. The van der Waals surface area contributed by atoms with Gasteiger partial charge in [0.2, 0.25) is 0 Å². The molecule has 0 amide bonds. The van der Waals surface area contributed by atoms with E-state index in [9.17, 15) is 9.90 Å². The highest BCUT2D eigenvalue weighted by Gasteiger charge is 2.35. The predicted molar refractivity (Wildman–Crippen MR) is 80.3 cm³/mol. The van der Waals surface area contributed by atoms with Gasteiger partial charge in [0, 0.05) is 10.4 Å². The molecule has 104 valence electrons. The number of carboxylic acid groups (broad SMARTS) is 1. The molecule has 0 spiro atoms. The van der Waals surface area contributed by atoms with Gasteiger partial charge in [-0.25, -0.2) is 4.79 Å². The first-order valence-electron chi connectivity index (χ1n) is 6.89. The van der Waals surface area contributed by atoms with Crippen molar-refractivity contribution in [1.82, 2.24) is 0 Å². The van der Waals surface area contributed by atoms with Gasteiger partial charge >= 0.3 is 5.97 Å². The van der Waals surface area contributed by atoms with Gasteiger partial charge in [-0.05, 0) is 43.6 Å². The predicted octanol–water partition coefficient (Wildman–Crippen LogP) is 4.24. The molecule has 2 N–H and O–H groups in total. The first kappa shape index (κ1) is 14.3. The van der Waals surface area contributed by atoms with E-state index in [0.717, 1.165) is 35.6 Å². The Morgan fingerprint density at radius 1 is 1.42 bits per heavy atom. The van der Waals surface area contributed by atoms with Gasteiger partial charge in [0.25, 0.3) is 0 Å². The second-order valence-corrected chi connectivity index (χ2v) is 6.34. The van der Waals surface area contributed by atoms with E-state index in [1.807, 2.05) is 25.1 Å². The fourth-order valence-electron chi connectivity index (χ4n) is 2.59. The highest BCUT2D eigenvalue weighted by atomic mass is 32.2. The lowest BCUT2D eigenvalue weighted by atomic mass is 9.74. The number of hydrogen-bond donors (Lipinski definition) is 2. The number of nitrogens with one attached hydrogen (secondary N) is 1. The zero-order chi connectivity index (χ0) is 13.9. The summed E-state index contributed by atoms with van der Waals surface area (Å²) < 4.78 is 0. The fourth-order valence-corrected chi connectivity index (χ4v) is 3.42. The minimum atomic E-state index is -0.843. The lowest BCUT2D eigenvalue weighted by molar-refractivity contribution is 0.0694. The molecule has 1 aromatic carbocycles. The van der Waals surface area contributed by atoms with Gasteiger partial charge in [0.15, 0.2) is 0 Å². The van der Waals surface area contributed by atoms with E-state index in [1.165, 1.54) is 6.42 Å². The molecule has 0 radical (unpaired) electrons. The number of anilines is 1. The van der Waals surface area contributed by atoms with Crippen LogP contribution in [0.5, 0.6) is 0 Å². The third kappa shape index (κ3) is 2.89. The monoisotopic (exact) mass is 279 g/mol. The summed E-state index contributed by atoms with van der Waals surface area (Å²) in [6.45, 7) is 4.20. The van der Waals surface area contributed by atoms with Crippen molar-refractivity contribution in [3.8, 4) is 0 Å². The van der Waals surface area contributed by atoms with Crippen molar-refractivity contribution >= 4 is 23.4 Å². The lowest BCUT2D eigenvalue weighted by Gasteiger charge is -2.43. The van der Waals surface area contributed by atoms with Gasteiger partial charge in [0.05, 0.1) is 11.3 Å². The molecule has 4 heteroatoms. The summed E-state index contributed by atoms with van der Waals surface area (Å²) in [6, 6.07) is 5.72. The maximum atomic E-state index is 11.5. The van der Waals surface area contributed by atoms with Gasteiger partial charge in [-0.2, -0.15) is 0 Å². The number of thioether (sulfide) groups is 1. The van der Waals surface area contributed by atoms with Crippen LogP contribution in [-0.4, -0.2) is 22.4 Å². The number of carbonyl (C=O) groups is 1. The summed E-state index contributed by atoms with van der Waals surface area (Å²) in [5.41, 5.74) is 1.31. The van der Waals surface area contributed by atoms with Crippen LogP contribution in [0.4, 0.5) is 5.69 Å². The first-order chi connectivity index (χ1) is 9.12. The SMILES string of the molecule is CCSc1cccc(NC2(CC)CCC2)c1C(=O)O. The van der Waals surface area contributed by atoms with E-state index in [1.54, 1.807) is 11.8 Å². The molecule has 19 heavy (non-hydrogen) atoms. The number of hydrogen-bond acceptors (Lipinski definition) is 3. The van der Waals surface area contributed by atoms with E-state index in [0.29, 0.717) is 5.56 Å². The van der Waals surface area contributed by atoms with E-state index < -0.39 is 5.97 Å². The molecule has 0 aliphatic heterocycles. The molecular weight excluding hydrogens is 258 g/mol. The number of aromatic carboxylic acids is 1. The molecule has 0 heterocycles. The van der Waals surface area contributed by atoms with Crippen molar-refractivity contribution < 1.29 is 9.90 Å². The van der Waals surface area contributed by atoms with Crippen molar-refractivity contribution in [2.24, 2.45) is 0 Å². The van der Waals surface area contributed by atoms with Crippen LogP contribution in [0.25, 0.3) is 0 Å². The number of rotatable bonds is 6. The van der Waals surface area contributed by atoms with Crippen LogP contribution in [0.2, 0.25) is 0 Å². The van der Waals surface area contributed by atoms with E-state index in [2.05, 4.69) is 12.2 Å². The average molecular weight is 279 g/mol. The van der Waals surface area contributed by atoms with Crippen molar-refractivity contribution in [2.75, 3.05) is 11.1 Å². The summed E-state index contributed by atoms with van der Waals surface area (Å²) in [5.74, 6) is 0.0347. The fraction of sp³-hybridized carbons (Fsp3) is 0.533. The van der Waals surface area contributed by atoms with Crippen molar-refractivity contribution in [1.29, 1.82) is 0 Å². The van der Waals surface area contributed by atoms with Crippen LogP contribution in [0.3, 0.4) is 0 Å². The Morgan fingerprint density at radius 3 is 2.63 bits per heavy atom. The molecular formula is C15H21NO2S. The van der Waals surface area contributed by atoms with Crippen molar-refractivity contribution in [3.05, 3.63) is 23.8 Å². The third-order valence-corrected chi connectivity index (χ3v) is 4.87. The quantitative estimate of drug-likeness (QED) is 0.765. The van der Waals surface area contributed by atoms with Gasteiger partial charge in [0.1, 0.15) is 0 Å². The number of benzene rings is 1. The summed E-state index contributed by atoms with van der Waals surface area (Å²) in [5, 5.41) is 13.0. The van der Waals surface area contributed by atoms with Crippen LogP contribution in [0.1, 0.15) is 49.9 Å². The topological polar surface area (TPSA) is 49.3 Å². The molecule has 0 atom stereocenters. The normalized spacial score (nSPS) is 16.7. The maximum absolute atomic E-state index is 11.5. The molecule has 1 fully saturated rings. The Balaban J connectivity index is 2.33. The molecule has 3 nitrogen and oxygen atoms in total. The smallest absolute Gasteiger partial charge is 0.338 e. The summed E-state index contributed by atoms with van der Waals surface area (Å²) in [7, 11) is 0. The van der Waals surface area contributed by atoms with Crippen LogP contribution < -0.4 is 5.32 Å². The minimum Gasteiger partial charge on any atom is -0.478 e. The van der Waals surface area contributed by atoms with Crippen LogP contribution in [0, 0.1) is 0 Å². The molecule has 2 rings (SSSR count). The first-order valence-corrected chi connectivity index (χ1v) is 7.88. The van der Waals surface area contributed by atoms with Gasteiger partial charge in [-0.3, -0.25) is 0 Å². The Morgan fingerprint density at radius 2 is 2.16 bits per heavy atom. The summed E-state index contributed by atoms with van der Waals surface area (Å²) in [4.78, 5) is 12.4. The summed E-state index contributed by atoms with van der Waals surface area (Å²) >= 11 is 1.58. The molecule has 0 bridgehead atoms. The Bertz CT molecular complexity index is 464. The van der Waals surface area contributed by atoms with E-state index in [-0.39, 0.29) is 5.54 Å². The molecule has 0 saturated heterocycles. The van der Waals surface area contributed by atoms with E-state index in [4.69, 9.17) is 0 Å². The Kier molecular flexibility index (Phi) is 4.40. The molecule has 1 aliphatic rings. The third-order valence-electron chi connectivity index (χ3n) is 3.93. The van der Waals surface area contributed by atoms with Gasteiger partial charge < -0.3 is 10.4 Å². The summed E-state index contributed by atoms with van der Waals surface area (Å²) in [6.07, 6.45) is 4.53. The molecule has 0 unspecified atom stereocenters. The van der Waals surface area contributed by atoms with Crippen LogP contribution in [-0.2, 0) is 0 Å².